The van der Waals surface area contributed by atoms with Crippen molar-refractivity contribution in [1.29, 1.82) is 0 Å². The smallest absolute Gasteiger partial charge is 0.464 e. The van der Waals surface area contributed by atoms with E-state index < -0.39 is 28.2 Å². The van der Waals surface area contributed by atoms with Gasteiger partial charge in [0, 0.05) is 25.9 Å². The minimum absolute atomic E-state index is 0.0962. The Labute approximate surface area is 197 Å². The van der Waals surface area contributed by atoms with Crippen molar-refractivity contribution >= 4 is 32.9 Å². The second-order valence-corrected chi connectivity index (χ2v) is 9.43. The van der Waals surface area contributed by atoms with E-state index in [9.17, 15) is 31.5 Å². The van der Waals surface area contributed by atoms with Gasteiger partial charge >= 0.3 is 12.5 Å². The van der Waals surface area contributed by atoms with E-state index in [1.54, 1.807) is 24.3 Å². The molecule has 35 heavy (non-hydrogen) atoms. The van der Waals surface area contributed by atoms with E-state index in [1.165, 1.54) is 4.31 Å². The molecule has 1 saturated heterocycles. The highest BCUT2D eigenvalue weighted by Crippen LogP contribution is 2.26. The van der Waals surface area contributed by atoms with E-state index in [0.717, 1.165) is 28.8 Å². The number of imidazole rings is 1. The molecule has 1 fully saturated rings. The number of hydrogen-bond donors (Lipinski definition) is 1. The van der Waals surface area contributed by atoms with Gasteiger partial charge in [-0.3, -0.25) is 0 Å². The Hall–Kier alpha value is -3.65. The number of para-hydroxylation sites is 2. The highest BCUT2D eigenvalue weighted by Gasteiger charge is 2.32. The zero-order valence-corrected chi connectivity index (χ0v) is 18.8. The Morgan fingerprint density at radius 1 is 1.09 bits per heavy atom. The predicted octanol–water partition coefficient (Wildman–Crippen LogP) is 3.82. The molecule has 1 aromatic heterocycles. The molecule has 0 radical (unpaired) electrons. The molecule has 0 unspecified atom stereocenters. The van der Waals surface area contributed by atoms with E-state index in [2.05, 4.69) is 14.9 Å². The molecule has 186 valence electrons. The Kier molecular flexibility index (Phi) is 6.67. The zero-order chi connectivity index (χ0) is 25.2. The highest BCUT2D eigenvalue weighted by molar-refractivity contribution is 7.89. The van der Waals surface area contributed by atoms with Crippen molar-refractivity contribution < 1.29 is 41.1 Å². The van der Waals surface area contributed by atoms with Crippen LogP contribution in [0.2, 0.25) is 0 Å². The second-order valence-electron chi connectivity index (χ2n) is 7.49. The first-order valence-corrected chi connectivity index (χ1v) is 11.7. The summed E-state index contributed by atoms with van der Waals surface area (Å²) in [6.07, 6.45) is -5.54. The van der Waals surface area contributed by atoms with E-state index in [0.29, 0.717) is 16.7 Å². The Bertz CT molecular complexity index is 1360. The van der Waals surface area contributed by atoms with Crippen molar-refractivity contribution in [3.8, 4) is 5.75 Å². The molecule has 2 aromatic carbocycles. The maximum absolute atomic E-state index is 12.8. The lowest BCUT2D eigenvalue weighted by Crippen LogP contribution is -2.38. The summed E-state index contributed by atoms with van der Waals surface area (Å²) < 4.78 is 68.4. The molecular formula is C21H19F3N4O6S. The molecule has 0 atom stereocenters. The van der Waals surface area contributed by atoms with Crippen LogP contribution in [0, 0.1) is 0 Å². The molecule has 1 N–H and O–H groups in total. The third kappa shape index (κ3) is 5.54. The van der Waals surface area contributed by atoms with Gasteiger partial charge in [-0.05, 0) is 36.4 Å². The molecule has 0 amide bonds. The van der Waals surface area contributed by atoms with Crippen LogP contribution in [0.1, 0.15) is 18.7 Å². The molecule has 2 heterocycles. The number of carbonyl (C=O) groups is 1. The standard InChI is InChI=1S/C21H19F3N4O6S/c22-21(23,24)34-15-5-7-16(8-6-15)35(31,32)27-11-9-14(10-12-27)26-33-13-19-25-17-3-1-2-4-18(17)28(19)20(29)30/h1-8H,9-13H2,(H,29,30). The summed E-state index contributed by atoms with van der Waals surface area (Å²) in [5.74, 6) is -0.362. The van der Waals surface area contributed by atoms with Gasteiger partial charge in [0.25, 0.3) is 0 Å². The normalized spacial score (nSPS) is 15.2. The van der Waals surface area contributed by atoms with Gasteiger partial charge in [-0.15, -0.1) is 13.2 Å². The van der Waals surface area contributed by atoms with Gasteiger partial charge in [-0.25, -0.2) is 22.8 Å². The average molecular weight is 512 g/mol. The van der Waals surface area contributed by atoms with Gasteiger partial charge in [-0.1, -0.05) is 17.3 Å². The topological polar surface area (TPSA) is 123 Å². The second kappa shape index (κ2) is 9.54. The summed E-state index contributed by atoms with van der Waals surface area (Å²) in [6, 6.07) is 10.7. The van der Waals surface area contributed by atoms with E-state index in [1.807, 2.05) is 0 Å². The molecule has 14 heteroatoms. The first-order chi connectivity index (χ1) is 16.5. The number of rotatable bonds is 6. The minimum Gasteiger partial charge on any atom is -0.464 e. The summed E-state index contributed by atoms with van der Waals surface area (Å²) in [7, 11) is -3.92. The van der Waals surface area contributed by atoms with Crippen molar-refractivity contribution in [2.75, 3.05) is 13.1 Å². The quantitative estimate of drug-likeness (QED) is 0.498. The van der Waals surface area contributed by atoms with Crippen LogP contribution in [0.4, 0.5) is 18.0 Å². The average Bonchev–Trinajstić information content (AvgIpc) is 3.17. The molecule has 0 saturated carbocycles. The SMILES string of the molecule is O=C(O)n1c(CON=C2CCN(S(=O)(=O)c3ccc(OC(F)(F)F)cc3)CC2)nc2ccccc21. The summed E-state index contributed by atoms with van der Waals surface area (Å²) >= 11 is 0. The lowest BCUT2D eigenvalue weighted by molar-refractivity contribution is -0.274. The van der Waals surface area contributed by atoms with Gasteiger partial charge in [0.2, 0.25) is 10.0 Å². The van der Waals surface area contributed by atoms with Crippen molar-refractivity contribution in [2.24, 2.45) is 5.16 Å². The summed E-state index contributed by atoms with van der Waals surface area (Å²) in [5.41, 5.74) is 1.50. The fraction of sp³-hybridized carbons (Fsp3) is 0.286. The van der Waals surface area contributed by atoms with Crippen LogP contribution in [-0.2, 0) is 21.5 Å². The number of piperidine rings is 1. The number of ether oxygens (including phenoxy) is 1. The molecule has 1 aliphatic rings. The van der Waals surface area contributed by atoms with Gasteiger partial charge in [0.15, 0.2) is 12.4 Å². The minimum atomic E-state index is -4.87. The highest BCUT2D eigenvalue weighted by atomic mass is 32.2. The molecule has 0 spiro atoms. The number of nitrogens with zero attached hydrogens (tertiary/aromatic N) is 4. The number of halogens is 3. The number of aromatic nitrogens is 2. The van der Waals surface area contributed by atoms with Crippen molar-refractivity contribution in [3.05, 3.63) is 54.4 Å². The summed E-state index contributed by atoms with van der Waals surface area (Å²) in [6.45, 7) is -0.00320. The van der Waals surface area contributed by atoms with Gasteiger partial charge < -0.3 is 14.7 Å². The van der Waals surface area contributed by atoms with Crippen LogP contribution in [0.15, 0.2) is 58.6 Å². The number of sulfonamides is 1. The van der Waals surface area contributed by atoms with Gasteiger partial charge in [0.1, 0.15) is 5.75 Å². The molecule has 0 aliphatic carbocycles. The van der Waals surface area contributed by atoms with Crippen LogP contribution in [-0.4, -0.2) is 58.6 Å². The van der Waals surface area contributed by atoms with Crippen LogP contribution < -0.4 is 4.74 Å². The molecule has 3 aromatic rings. The van der Waals surface area contributed by atoms with Gasteiger partial charge in [0.05, 0.1) is 21.6 Å². The van der Waals surface area contributed by atoms with Crippen LogP contribution >= 0.6 is 0 Å². The van der Waals surface area contributed by atoms with Crippen LogP contribution in [0.3, 0.4) is 0 Å². The number of oxime groups is 1. The lowest BCUT2D eigenvalue weighted by Gasteiger charge is -2.26. The van der Waals surface area contributed by atoms with E-state index in [4.69, 9.17) is 4.84 Å². The fourth-order valence-corrected chi connectivity index (χ4v) is 5.05. The number of fused-ring (bicyclic) bond motifs is 1. The number of benzene rings is 2. The molecule has 10 nitrogen and oxygen atoms in total. The Morgan fingerprint density at radius 2 is 1.74 bits per heavy atom. The molecular weight excluding hydrogens is 493 g/mol. The van der Waals surface area contributed by atoms with Crippen molar-refractivity contribution in [3.63, 3.8) is 0 Å². The van der Waals surface area contributed by atoms with Crippen LogP contribution in [0.5, 0.6) is 5.75 Å². The zero-order valence-electron chi connectivity index (χ0n) is 18.0. The third-order valence-electron chi connectivity index (χ3n) is 5.20. The van der Waals surface area contributed by atoms with Gasteiger partial charge in [-0.2, -0.15) is 4.31 Å². The Balaban J connectivity index is 1.36. The Morgan fingerprint density at radius 3 is 2.37 bits per heavy atom. The number of hydrogen-bond acceptors (Lipinski definition) is 7. The lowest BCUT2D eigenvalue weighted by atomic mass is 10.1. The molecule has 0 bridgehead atoms. The predicted molar refractivity (Wildman–Crippen MR) is 116 cm³/mol. The number of carboxylic acid groups (broad SMARTS) is 1. The van der Waals surface area contributed by atoms with Crippen molar-refractivity contribution in [2.45, 2.75) is 30.7 Å². The monoisotopic (exact) mass is 512 g/mol. The van der Waals surface area contributed by atoms with E-state index in [-0.39, 0.29) is 43.3 Å². The first kappa shape index (κ1) is 24.5. The maximum Gasteiger partial charge on any atom is 0.573 e. The first-order valence-electron chi connectivity index (χ1n) is 10.3. The van der Waals surface area contributed by atoms with E-state index >= 15 is 0 Å². The molecule has 4 rings (SSSR count). The van der Waals surface area contributed by atoms with Crippen molar-refractivity contribution in [1.82, 2.24) is 13.9 Å². The largest absolute Gasteiger partial charge is 0.573 e. The third-order valence-corrected chi connectivity index (χ3v) is 7.12. The maximum atomic E-state index is 12.8. The molecule has 1 aliphatic heterocycles. The van der Waals surface area contributed by atoms with Crippen LogP contribution in [0.25, 0.3) is 11.0 Å². The summed E-state index contributed by atoms with van der Waals surface area (Å²) in [5, 5.41) is 13.5. The number of alkyl halides is 3. The summed E-state index contributed by atoms with van der Waals surface area (Å²) in [4.78, 5) is 21.0. The fourth-order valence-electron chi connectivity index (χ4n) is 3.61.